The quantitative estimate of drug-likeness (QED) is 0.878. The predicted molar refractivity (Wildman–Crippen MR) is 68.6 cm³/mol. The topological polar surface area (TPSA) is 45.1 Å². The van der Waals surface area contributed by atoms with Crippen molar-refractivity contribution in [2.75, 3.05) is 5.32 Å². The maximum absolute atomic E-state index is 9.85. The van der Waals surface area contributed by atoms with Gasteiger partial charge >= 0.3 is 0 Å². The molecule has 1 aliphatic rings. The lowest BCUT2D eigenvalue weighted by Crippen LogP contribution is -2.36. The summed E-state index contributed by atoms with van der Waals surface area (Å²) >= 11 is 3.43. The summed E-state index contributed by atoms with van der Waals surface area (Å²) in [6.07, 6.45) is 5.80. The lowest BCUT2D eigenvalue weighted by atomic mass is 9.92. The van der Waals surface area contributed by atoms with Crippen molar-refractivity contribution in [1.29, 1.82) is 0 Å². The van der Waals surface area contributed by atoms with Crippen LogP contribution in [0.15, 0.2) is 16.7 Å². The summed E-state index contributed by atoms with van der Waals surface area (Å²) in [5.41, 5.74) is 1.16. The SMILES string of the molecule is Cc1cc(NC2CCCCC2O)ncc1Br. The van der Waals surface area contributed by atoms with Crippen molar-refractivity contribution in [3.8, 4) is 0 Å². The van der Waals surface area contributed by atoms with Gasteiger partial charge in [0.2, 0.25) is 0 Å². The summed E-state index contributed by atoms with van der Waals surface area (Å²) in [7, 11) is 0. The molecule has 1 fully saturated rings. The molecule has 16 heavy (non-hydrogen) atoms. The third-order valence-corrected chi connectivity index (χ3v) is 3.94. The Hall–Kier alpha value is -0.610. The van der Waals surface area contributed by atoms with Crippen LogP contribution in [0.25, 0.3) is 0 Å². The lowest BCUT2D eigenvalue weighted by Gasteiger charge is -2.28. The third-order valence-electron chi connectivity index (χ3n) is 3.11. The van der Waals surface area contributed by atoms with Gasteiger partial charge < -0.3 is 10.4 Å². The molecule has 0 saturated heterocycles. The Morgan fingerprint density at radius 3 is 2.88 bits per heavy atom. The van der Waals surface area contributed by atoms with Crippen molar-refractivity contribution < 1.29 is 5.11 Å². The highest BCUT2D eigenvalue weighted by atomic mass is 79.9. The third kappa shape index (κ3) is 2.74. The van der Waals surface area contributed by atoms with Crippen LogP contribution in [0.1, 0.15) is 31.2 Å². The van der Waals surface area contributed by atoms with E-state index in [0.717, 1.165) is 35.1 Å². The average molecular weight is 285 g/mol. The van der Waals surface area contributed by atoms with Crippen molar-refractivity contribution in [3.05, 3.63) is 22.3 Å². The Kier molecular flexibility index (Phi) is 3.82. The van der Waals surface area contributed by atoms with Gasteiger partial charge in [-0.15, -0.1) is 0 Å². The van der Waals surface area contributed by atoms with Crippen LogP contribution in [0, 0.1) is 6.92 Å². The number of pyridine rings is 1. The molecule has 2 N–H and O–H groups in total. The van der Waals surface area contributed by atoms with Crippen LogP contribution in [0.5, 0.6) is 0 Å². The number of hydrogen-bond acceptors (Lipinski definition) is 3. The first-order valence-corrected chi connectivity index (χ1v) is 6.53. The fourth-order valence-corrected chi connectivity index (χ4v) is 2.30. The van der Waals surface area contributed by atoms with Crippen LogP contribution in [-0.4, -0.2) is 22.2 Å². The molecule has 0 aromatic carbocycles. The highest BCUT2D eigenvalue weighted by molar-refractivity contribution is 9.10. The molecule has 1 saturated carbocycles. The second-order valence-corrected chi connectivity index (χ2v) is 5.28. The van der Waals surface area contributed by atoms with Crippen LogP contribution < -0.4 is 5.32 Å². The number of halogens is 1. The number of aliphatic hydroxyl groups is 1. The Balaban J connectivity index is 2.05. The van der Waals surface area contributed by atoms with Gasteiger partial charge in [0.15, 0.2) is 0 Å². The molecule has 0 bridgehead atoms. The number of hydrogen-bond donors (Lipinski definition) is 2. The van der Waals surface area contributed by atoms with E-state index in [1.165, 1.54) is 6.42 Å². The van der Waals surface area contributed by atoms with Gasteiger partial charge in [0.05, 0.1) is 12.1 Å². The molecule has 1 aromatic rings. The summed E-state index contributed by atoms with van der Waals surface area (Å²) in [5.74, 6) is 0.853. The Morgan fingerprint density at radius 2 is 2.19 bits per heavy atom. The van der Waals surface area contributed by atoms with E-state index in [-0.39, 0.29) is 12.1 Å². The van der Waals surface area contributed by atoms with E-state index in [0.29, 0.717) is 0 Å². The van der Waals surface area contributed by atoms with Crippen LogP contribution in [0.4, 0.5) is 5.82 Å². The van der Waals surface area contributed by atoms with Crippen LogP contribution >= 0.6 is 15.9 Å². The van der Waals surface area contributed by atoms with E-state index >= 15 is 0 Å². The molecule has 3 nitrogen and oxygen atoms in total. The summed E-state index contributed by atoms with van der Waals surface area (Å²) in [6, 6.07) is 2.16. The summed E-state index contributed by atoms with van der Waals surface area (Å²) in [5, 5.41) is 13.2. The molecule has 4 heteroatoms. The van der Waals surface area contributed by atoms with Crippen LogP contribution in [0.3, 0.4) is 0 Å². The van der Waals surface area contributed by atoms with E-state index in [1.54, 1.807) is 6.20 Å². The van der Waals surface area contributed by atoms with E-state index < -0.39 is 0 Å². The molecule has 0 spiro atoms. The average Bonchev–Trinajstić information content (AvgIpc) is 2.27. The predicted octanol–water partition coefficient (Wildman–Crippen LogP) is 2.87. The maximum atomic E-state index is 9.85. The van der Waals surface area contributed by atoms with Crippen molar-refractivity contribution in [1.82, 2.24) is 4.98 Å². The van der Waals surface area contributed by atoms with Crippen molar-refractivity contribution in [2.45, 2.75) is 44.8 Å². The smallest absolute Gasteiger partial charge is 0.126 e. The Labute approximate surface area is 104 Å². The molecule has 1 heterocycles. The number of nitrogens with one attached hydrogen (secondary N) is 1. The highest BCUT2D eigenvalue weighted by Crippen LogP contribution is 2.23. The largest absolute Gasteiger partial charge is 0.391 e. The first kappa shape index (κ1) is 11.9. The second kappa shape index (κ2) is 5.15. The van der Waals surface area contributed by atoms with Crippen molar-refractivity contribution >= 4 is 21.7 Å². The van der Waals surface area contributed by atoms with Gasteiger partial charge in [-0.3, -0.25) is 0 Å². The van der Waals surface area contributed by atoms with E-state index in [2.05, 4.69) is 26.2 Å². The monoisotopic (exact) mass is 284 g/mol. The molecule has 0 aliphatic heterocycles. The van der Waals surface area contributed by atoms with Gasteiger partial charge in [-0.2, -0.15) is 0 Å². The van der Waals surface area contributed by atoms with E-state index in [4.69, 9.17) is 0 Å². The van der Waals surface area contributed by atoms with Crippen molar-refractivity contribution in [3.63, 3.8) is 0 Å². The molecule has 2 rings (SSSR count). The van der Waals surface area contributed by atoms with Gasteiger partial charge in [-0.1, -0.05) is 12.8 Å². The zero-order chi connectivity index (χ0) is 11.5. The minimum Gasteiger partial charge on any atom is -0.391 e. The zero-order valence-corrected chi connectivity index (χ0v) is 11.0. The summed E-state index contributed by atoms with van der Waals surface area (Å²) < 4.78 is 1.02. The maximum Gasteiger partial charge on any atom is 0.126 e. The summed E-state index contributed by atoms with van der Waals surface area (Å²) in [6.45, 7) is 2.04. The van der Waals surface area contributed by atoms with E-state index in [9.17, 15) is 5.11 Å². The van der Waals surface area contributed by atoms with Crippen molar-refractivity contribution in [2.24, 2.45) is 0 Å². The molecule has 1 aliphatic carbocycles. The Morgan fingerprint density at radius 1 is 1.44 bits per heavy atom. The zero-order valence-electron chi connectivity index (χ0n) is 9.41. The molecule has 2 atom stereocenters. The lowest BCUT2D eigenvalue weighted by molar-refractivity contribution is 0.116. The fraction of sp³-hybridized carbons (Fsp3) is 0.583. The highest BCUT2D eigenvalue weighted by Gasteiger charge is 2.22. The summed E-state index contributed by atoms with van der Waals surface area (Å²) in [4.78, 5) is 4.30. The van der Waals surface area contributed by atoms with Gasteiger partial charge in [0.1, 0.15) is 5.82 Å². The molecule has 2 unspecified atom stereocenters. The molecule has 0 radical (unpaired) electrons. The van der Waals surface area contributed by atoms with Gasteiger partial charge in [-0.05, 0) is 47.3 Å². The number of aromatic nitrogens is 1. The molecular formula is C12H17BrN2O. The van der Waals surface area contributed by atoms with Gasteiger partial charge in [0.25, 0.3) is 0 Å². The fourth-order valence-electron chi connectivity index (χ4n) is 2.09. The first-order valence-electron chi connectivity index (χ1n) is 5.73. The minimum atomic E-state index is -0.237. The number of aliphatic hydroxyl groups excluding tert-OH is 1. The minimum absolute atomic E-state index is 0.154. The van der Waals surface area contributed by atoms with Crippen LogP contribution in [-0.2, 0) is 0 Å². The number of rotatable bonds is 2. The number of nitrogens with zero attached hydrogens (tertiary/aromatic N) is 1. The normalized spacial score (nSPS) is 25.4. The van der Waals surface area contributed by atoms with E-state index in [1.807, 2.05) is 13.0 Å². The molecule has 0 amide bonds. The molecule has 1 aromatic heterocycles. The standard InChI is InChI=1S/C12H17BrN2O/c1-8-6-12(14-7-9(8)13)15-10-4-2-3-5-11(10)16/h6-7,10-11,16H,2-5H2,1H3,(H,14,15). The number of aryl methyl sites for hydroxylation is 1. The molecule has 88 valence electrons. The first-order chi connectivity index (χ1) is 7.66. The van der Waals surface area contributed by atoms with Gasteiger partial charge in [-0.25, -0.2) is 4.98 Å². The van der Waals surface area contributed by atoms with Gasteiger partial charge in [0, 0.05) is 10.7 Å². The van der Waals surface area contributed by atoms with Crippen LogP contribution in [0.2, 0.25) is 0 Å². The molecular weight excluding hydrogens is 268 g/mol. The Bertz CT molecular complexity index is 370. The number of anilines is 1. The second-order valence-electron chi connectivity index (χ2n) is 4.42.